The predicted molar refractivity (Wildman–Crippen MR) is 136 cm³/mol. The van der Waals surface area contributed by atoms with E-state index < -0.39 is 18.4 Å². The summed E-state index contributed by atoms with van der Waals surface area (Å²) in [5, 5.41) is 32.0. The first-order valence-corrected chi connectivity index (χ1v) is 12.2. The highest BCUT2D eigenvalue weighted by molar-refractivity contribution is 6.58. The van der Waals surface area contributed by atoms with Crippen LogP contribution in [-0.2, 0) is 12.8 Å². The number of hydrogen-bond acceptors (Lipinski definition) is 9. The molecule has 1 aliphatic rings. The van der Waals surface area contributed by atoms with Crippen molar-refractivity contribution in [3.63, 3.8) is 0 Å². The Labute approximate surface area is 204 Å². The number of aromatic nitrogens is 4. The van der Waals surface area contributed by atoms with Gasteiger partial charge in [-0.25, -0.2) is 9.78 Å². The second-order valence-corrected chi connectivity index (χ2v) is 10.4. The number of rotatable bonds is 10. The Morgan fingerprint density at radius 3 is 2.54 bits per heavy atom. The number of aromatic amines is 2. The lowest BCUT2D eigenvalue weighted by Crippen LogP contribution is -2.41. The molecule has 0 aliphatic carbocycles. The van der Waals surface area contributed by atoms with Gasteiger partial charge in [0.15, 0.2) is 5.95 Å². The third-order valence-corrected chi connectivity index (χ3v) is 6.99. The number of nitrogens with one attached hydrogen (secondary N) is 3. The van der Waals surface area contributed by atoms with Crippen molar-refractivity contribution in [1.82, 2.24) is 19.9 Å². The molecule has 2 unspecified atom stereocenters. The summed E-state index contributed by atoms with van der Waals surface area (Å²) in [5.74, 6) is 0.979. The van der Waals surface area contributed by atoms with Crippen LogP contribution < -0.4 is 27.9 Å². The van der Waals surface area contributed by atoms with Crippen LogP contribution in [0.15, 0.2) is 9.59 Å². The number of nitrogen functional groups attached to an aromatic ring is 1. The minimum atomic E-state index is -1.86. The summed E-state index contributed by atoms with van der Waals surface area (Å²) in [6.07, 6.45) is 5.13. The highest BCUT2D eigenvalue weighted by atomic mass is 16.4. The molecule has 3 rings (SSSR count). The normalized spacial score (nSPS) is 16.5. The summed E-state index contributed by atoms with van der Waals surface area (Å²) in [4.78, 5) is 37.6. The fourth-order valence-corrected chi connectivity index (χ4v) is 5.14. The van der Waals surface area contributed by atoms with Crippen LogP contribution in [0.1, 0.15) is 75.6 Å². The van der Waals surface area contributed by atoms with E-state index in [1.165, 1.54) is 0 Å². The molecule has 0 amide bonds. The van der Waals surface area contributed by atoms with E-state index in [4.69, 9.17) is 5.73 Å². The summed E-state index contributed by atoms with van der Waals surface area (Å²) in [6, 6.07) is 0. The summed E-state index contributed by atoms with van der Waals surface area (Å²) < 4.78 is 0. The molecule has 35 heavy (non-hydrogen) atoms. The van der Waals surface area contributed by atoms with Gasteiger partial charge in [0.1, 0.15) is 5.82 Å². The molecule has 3 heterocycles. The number of hydrogen-bond donors (Lipinski definition) is 7. The standard InChI is InChI=1S/C23H37BN6O5/c1-23(2,3)14(7-8-15-18(24(34)35)28-21(25)30-20(15)32)6-4-5-13-9-11-26-19-17(13)16(10-12-31)27-22(33)29-19/h13-14,31,34-35H,4-12H2,1-3H3,(H3,25,28,30,32)(H2,26,27,29,33). The molecule has 12 heteroatoms. The second-order valence-electron chi connectivity index (χ2n) is 10.4. The maximum absolute atomic E-state index is 12.4. The van der Waals surface area contributed by atoms with Crippen LogP contribution in [0.4, 0.5) is 11.8 Å². The number of H-pyrrole nitrogens is 2. The first-order chi connectivity index (χ1) is 16.5. The molecule has 11 nitrogen and oxygen atoms in total. The van der Waals surface area contributed by atoms with Crippen molar-refractivity contribution in [3.8, 4) is 0 Å². The lowest BCUT2D eigenvalue weighted by molar-refractivity contribution is 0.205. The third-order valence-electron chi connectivity index (χ3n) is 6.99. The molecular formula is C23H37BN6O5. The van der Waals surface area contributed by atoms with E-state index in [9.17, 15) is 24.7 Å². The van der Waals surface area contributed by atoms with Crippen LogP contribution in [0.2, 0.25) is 0 Å². The minimum absolute atomic E-state index is 0.0210. The fraction of sp³-hybridized carbons (Fsp3) is 0.652. The van der Waals surface area contributed by atoms with Gasteiger partial charge in [0.2, 0.25) is 0 Å². The van der Waals surface area contributed by atoms with Crippen molar-refractivity contribution >= 4 is 24.5 Å². The Morgan fingerprint density at radius 1 is 1.14 bits per heavy atom. The molecule has 2 aromatic rings. The van der Waals surface area contributed by atoms with Gasteiger partial charge in [0.05, 0.1) is 5.59 Å². The highest BCUT2D eigenvalue weighted by Crippen LogP contribution is 2.38. The monoisotopic (exact) mass is 488 g/mol. The van der Waals surface area contributed by atoms with Crippen LogP contribution in [0.5, 0.6) is 0 Å². The Kier molecular flexibility index (Phi) is 8.73. The van der Waals surface area contributed by atoms with Gasteiger partial charge in [-0.3, -0.25) is 9.78 Å². The van der Waals surface area contributed by atoms with E-state index in [1.54, 1.807) is 0 Å². The van der Waals surface area contributed by atoms with Crippen LogP contribution in [0.25, 0.3) is 0 Å². The van der Waals surface area contributed by atoms with Crippen molar-refractivity contribution in [3.05, 3.63) is 37.7 Å². The first kappa shape index (κ1) is 26.9. The van der Waals surface area contributed by atoms with E-state index in [0.717, 1.165) is 43.5 Å². The van der Waals surface area contributed by atoms with Crippen LogP contribution in [-0.4, -0.2) is 55.4 Å². The average Bonchev–Trinajstić information content (AvgIpc) is 2.75. The highest BCUT2D eigenvalue weighted by Gasteiger charge is 2.29. The summed E-state index contributed by atoms with van der Waals surface area (Å²) in [5.41, 5.74) is 6.59. The average molecular weight is 488 g/mol. The van der Waals surface area contributed by atoms with Crippen LogP contribution in [0.3, 0.4) is 0 Å². The van der Waals surface area contributed by atoms with Crippen molar-refractivity contribution < 1.29 is 15.2 Å². The first-order valence-electron chi connectivity index (χ1n) is 12.2. The molecule has 0 bridgehead atoms. The van der Waals surface area contributed by atoms with Gasteiger partial charge in [0.25, 0.3) is 5.56 Å². The lowest BCUT2D eigenvalue weighted by atomic mass is 9.73. The number of aliphatic hydroxyl groups is 1. The van der Waals surface area contributed by atoms with Gasteiger partial charge in [-0.1, -0.05) is 27.2 Å². The molecule has 0 fully saturated rings. The van der Waals surface area contributed by atoms with E-state index in [0.29, 0.717) is 25.1 Å². The van der Waals surface area contributed by atoms with Gasteiger partial charge >= 0.3 is 12.8 Å². The molecule has 1 aliphatic heterocycles. The molecule has 2 aromatic heterocycles. The number of anilines is 2. The smallest absolute Gasteiger partial charge is 0.422 e. The number of aliphatic hydroxyl groups excluding tert-OH is 1. The molecular weight excluding hydrogens is 451 g/mol. The predicted octanol–water partition coefficient (Wildman–Crippen LogP) is 0.0146. The summed E-state index contributed by atoms with van der Waals surface area (Å²) in [6.45, 7) is 7.19. The molecule has 0 saturated heterocycles. The Hall–Kier alpha value is -2.70. The Bertz CT molecular complexity index is 1130. The Morgan fingerprint density at radius 2 is 1.89 bits per heavy atom. The van der Waals surface area contributed by atoms with Crippen molar-refractivity contribution in [2.24, 2.45) is 11.3 Å². The van der Waals surface area contributed by atoms with E-state index in [-0.39, 0.29) is 41.0 Å². The molecule has 0 radical (unpaired) electrons. The van der Waals surface area contributed by atoms with E-state index in [1.807, 2.05) is 0 Å². The van der Waals surface area contributed by atoms with Crippen molar-refractivity contribution in [2.75, 3.05) is 24.2 Å². The largest absolute Gasteiger partial charge is 0.508 e. The second kappa shape index (κ2) is 11.4. The minimum Gasteiger partial charge on any atom is -0.422 e. The SMILES string of the molecule is CC(C)(C)C(CCCC1CCNc2nc(=O)[nH]c(CCO)c21)CCc1c(B(O)O)nc(N)[nH]c1=O. The summed E-state index contributed by atoms with van der Waals surface area (Å²) in [7, 11) is -1.86. The van der Waals surface area contributed by atoms with Crippen LogP contribution >= 0.6 is 0 Å². The zero-order valence-corrected chi connectivity index (χ0v) is 20.7. The number of nitrogens with zero attached hydrogens (tertiary/aromatic N) is 2. The zero-order valence-electron chi connectivity index (χ0n) is 20.7. The Balaban J connectivity index is 1.71. The van der Waals surface area contributed by atoms with Crippen molar-refractivity contribution in [2.45, 2.75) is 71.6 Å². The fourth-order valence-electron chi connectivity index (χ4n) is 5.14. The van der Waals surface area contributed by atoms with E-state index >= 15 is 0 Å². The van der Waals surface area contributed by atoms with Gasteiger partial charge in [-0.05, 0) is 49.4 Å². The van der Waals surface area contributed by atoms with Gasteiger partial charge in [-0.2, -0.15) is 4.98 Å². The molecule has 8 N–H and O–H groups in total. The van der Waals surface area contributed by atoms with Gasteiger partial charge in [-0.15, -0.1) is 0 Å². The third kappa shape index (κ3) is 6.71. The molecule has 192 valence electrons. The summed E-state index contributed by atoms with van der Waals surface area (Å²) >= 11 is 0. The van der Waals surface area contributed by atoms with Crippen molar-refractivity contribution in [1.29, 1.82) is 0 Å². The zero-order chi connectivity index (χ0) is 25.8. The quantitative estimate of drug-likeness (QED) is 0.226. The topological polar surface area (TPSA) is 190 Å². The van der Waals surface area contributed by atoms with Gasteiger partial charge < -0.3 is 31.2 Å². The van der Waals surface area contributed by atoms with E-state index in [2.05, 4.69) is 46.0 Å². The number of nitrogens with two attached hydrogens (primary N) is 1. The number of fused-ring (bicyclic) bond motifs is 1. The lowest BCUT2D eigenvalue weighted by Gasteiger charge is -2.32. The molecule has 0 saturated carbocycles. The molecule has 2 atom stereocenters. The van der Waals surface area contributed by atoms with Gasteiger partial charge in [0, 0.05) is 36.4 Å². The molecule has 0 aromatic carbocycles. The van der Waals surface area contributed by atoms with Crippen LogP contribution in [0, 0.1) is 11.3 Å². The maximum atomic E-state index is 12.4. The maximum Gasteiger partial charge on any atom is 0.508 e. The molecule has 0 spiro atoms.